The van der Waals surface area contributed by atoms with E-state index in [0.717, 1.165) is 51.4 Å². The van der Waals surface area contributed by atoms with E-state index >= 15 is 0 Å². The minimum Gasteiger partial charge on any atom is -0.341 e. The van der Waals surface area contributed by atoms with Crippen LogP contribution in [0, 0.1) is 0 Å². The first-order valence-electron chi connectivity index (χ1n) is 10.4. The number of aromatic nitrogens is 1. The van der Waals surface area contributed by atoms with E-state index in [4.69, 9.17) is 0 Å². The van der Waals surface area contributed by atoms with Gasteiger partial charge in [0.1, 0.15) is 11.4 Å². The Morgan fingerprint density at radius 1 is 1.07 bits per heavy atom. The van der Waals surface area contributed by atoms with E-state index in [9.17, 15) is 18.0 Å². The summed E-state index contributed by atoms with van der Waals surface area (Å²) >= 11 is 0. The molecule has 0 N–H and O–H groups in total. The molecule has 1 aliphatic carbocycles. The van der Waals surface area contributed by atoms with Crippen LogP contribution in [0.4, 0.5) is 0 Å². The molecule has 156 valence electrons. The highest BCUT2D eigenvalue weighted by molar-refractivity contribution is 7.89. The molecule has 1 aromatic rings. The fourth-order valence-electron chi connectivity index (χ4n) is 4.19. The van der Waals surface area contributed by atoms with Crippen LogP contribution in [0.15, 0.2) is 28.0 Å². The van der Waals surface area contributed by atoms with Gasteiger partial charge >= 0.3 is 0 Å². The summed E-state index contributed by atoms with van der Waals surface area (Å²) in [6.45, 7) is 0.759. The second-order valence-corrected chi connectivity index (χ2v) is 9.83. The quantitative estimate of drug-likeness (QED) is 0.747. The molecule has 2 aliphatic rings. The lowest BCUT2D eigenvalue weighted by molar-refractivity contribution is -0.133. The molecule has 1 aliphatic heterocycles. The Morgan fingerprint density at radius 3 is 2.32 bits per heavy atom. The molecule has 28 heavy (non-hydrogen) atoms. The Kier molecular flexibility index (Phi) is 6.93. The number of amides is 1. The predicted molar refractivity (Wildman–Crippen MR) is 108 cm³/mol. The van der Waals surface area contributed by atoms with Crippen LogP contribution in [0.5, 0.6) is 0 Å². The third-order valence-electron chi connectivity index (χ3n) is 5.99. The van der Waals surface area contributed by atoms with Crippen LogP contribution in [0.1, 0.15) is 57.8 Å². The maximum Gasteiger partial charge on any atom is 0.271 e. The van der Waals surface area contributed by atoms with Gasteiger partial charge in [-0.05, 0) is 37.8 Å². The second kappa shape index (κ2) is 9.22. The number of likely N-dealkylation sites (N-methyl/N-ethyl adjacent to an activating group) is 1. The molecule has 1 amide bonds. The van der Waals surface area contributed by atoms with Crippen molar-refractivity contribution in [1.82, 2.24) is 13.8 Å². The molecular formula is C20H31N3O4S. The maximum atomic E-state index is 13.0. The van der Waals surface area contributed by atoms with Crippen molar-refractivity contribution in [3.63, 3.8) is 0 Å². The van der Waals surface area contributed by atoms with E-state index in [1.165, 1.54) is 27.6 Å². The summed E-state index contributed by atoms with van der Waals surface area (Å²) in [7, 11) is -2.06. The monoisotopic (exact) mass is 409 g/mol. The zero-order chi connectivity index (χ0) is 20.1. The molecule has 0 aromatic carbocycles. The second-order valence-electron chi connectivity index (χ2n) is 7.92. The third kappa shape index (κ3) is 4.66. The molecular weight excluding hydrogens is 378 g/mol. The Morgan fingerprint density at radius 2 is 1.68 bits per heavy atom. The topological polar surface area (TPSA) is 79.7 Å². The van der Waals surface area contributed by atoms with Gasteiger partial charge in [0.05, 0.1) is 0 Å². The predicted octanol–water partition coefficient (Wildman–Crippen LogP) is 2.20. The fourth-order valence-corrected chi connectivity index (χ4v) is 5.79. The van der Waals surface area contributed by atoms with Crippen molar-refractivity contribution in [3.8, 4) is 0 Å². The highest BCUT2D eigenvalue weighted by atomic mass is 32.2. The van der Waals surface area contributed by atoms with Crippen molar-refractivity contribution in [3.05, 3.63) is 28.7 Å². The van der Waals surface area contributed by atoms with Gasteiger partial charge < -0.3 is 9.47 Å². The van der Waals surface area contributed by atoms with E-state index in [1.807, 2.05) is 0 Å². The number of hydrogen-bond donors (Lipinski definition) is 0. The molecule has 0 spiro atoms. The largest absolute Gasteiger partial charge is 0.341 e. The lowest BCUT2D eigenvalue weighted by Crippen LogP contribution is -2.42. The lowest BCUT2D eigenvalue weighted by atomic mass is 9.94. The number of nitrogens with zero attached hydrogens (tertiary/aromatic N) is 3. The van der Waals surface area contributed by atoms with E-state index in [2.05, 4.69) is 0 Å². The number of hydrogen-bond acceptors (Lipinski definition) is 4. The van der Waals surface area contributed by atoms with Gasteiger partial charge in [-0.25, -0.2) is 8.42 Å². The average Bonchev–Trinajstić information content (AvgIpc) is 2.99. The molecule has 2 heterocycles. The highest BCUT2D eigenvalue weighted by Crippen LogP contribution is 2.22. The highest BCUT2D eigenvalue weighted by Gasteiger charge is 2.29. The Labute approximate surface area is 167 Å². The Bertz CT molecular complexity index is 835. The summed E-state index contributed by atoms with van der Waals surface area (Å²) in [6, 6.07) is 3.11. The number of carbonyl (C=O) groups is 1. The van der Waals surface area contributed by atoms with Crippen LogP contribution in [0.2, 0.25) is 0 Å². The lowest BCUT2D eigenvalue weighted by Gasteiger charge is -2.31. The summed E-state index contributed by atoms with van der Waals surface area (Å²) in [5.74, 6) is -0.154. The zero-order valence-corrected chi connectivity index (χ0v) is 17.5. The van der Waals surface area contributed by atoms with Crippen LogP contribution >= 0.6 is 0 Å². The normalized spacial score (nSPS) is 19.9. The molecule has 3 rings (SSSR count). The summed E-state index contributed by atoms with van der Waals surface area (Å²) in [6.07, 6.45) is 10.5. The molecule has 1 aromatic heterocycles. The van der Waals surface area contributed by atoms with Crippen molar-refractivity contribution in [2.75, 3.05) is 20.1 Å². The van der Waals surface area contributed by atoms with E-state index in [0.29, 0.717) is 13.1 Å². The van der Waals surface area contributed by atoms with Gasteiger partial charge in [-0.2, -0.15) is 4.31 Å². The van der Waals surface area contributed by atoms with Gasteiger partial charge in [-0.15, -0.1) is 0 Å². The molecule has 0 unspecified atom stereocenters. The van der Waals surface area contributed by atoms with Crippen LogP contribution in [0.3, 0.4) is 0 Å². The van der Waals surface area contributed by atoms with Crippen molar-refractivity contribution in [2.24, 2.45) is 0 Å². The zero-order valence-electron chi connectivity index (χ0n) is 16.7. The van der Waals surface area contributed by atoms with Crippen LogP contribution in [-0.4, -0.2) is 54.3 Å². The SMILES string of the molecule is CN(C(=O)Cn1cccc(S(=O)(=O)N2CCCCCC2)c1=O)C1CCCCC1. The molecule has 0 bridgehead atoms. The standard InChI is InChI=1S/C20H31N3O4S/c1-21(17-10-5-4-6-11-17)19(24)16-22-13-9-12-18(20(22)25)28(26,27)23-14-7-2-3-8-15-23/h9,12-13,17H,2-8,10-11,14-16H2,1H3. The van der Waals surface area contributed by atoms with Gasteiger partial charge in [0.15, 0.2) is 0 Å². The van der Waals surface area contributed by atoms with Crippen molar-refractivity contribution >= 4 is 15.9 Å². The Balaban J connectivity index is 1.78. The molecule has 1 saturated carbocycles. The minimum atomic E-state index is -3.84. The fraction of sp³-hybridized carbons (Fsp3) is 0.700. The third-order valence-corrected chi connectivity index (χ3v) is 7.90. The molecule has 0 atom stereocenters. The number of rotatable bonds is 5. The summed E-state index contributed by atoms with van der Waals surface area (Å²) in [5, 5.41) is 0. The summed E-state index contributed by atoms with van der Waals surface area (Å²) < 4.78 is 28.6. The smallest absolute Gasteiger partial charge is 0.271 e. The van der Waals surface area contributed by atoms with Crippen molar-refractivity contribution in [1.29, 1.82) is 0 Å². The first kappa shape index (κ1) is 21.0. The van der Waals surface area contributed by atoms with E-state index in [1.54, 1.807) is 18.0 Å². The molecule has 1 saturated heterocycles. The molecule has 2 fully saturated rings. The van der Waals surface area contributed by atoms with Crippen LogP contribution < -0.4 is 5.56 Å². The maximum absolute atomic E-state index is 13.0. The molecule has 0 radical (unpaired) electrons. The average molecular weight is 410 g/mol. The van der Waals surface area contributed by atoms with Gasteiger partial charge in [0.25, 0.3) is 5.56 Å². The number of sulfonamides is 1. The summed E-state index contributed by atoms with van der Waals surface area (Å²) in [5.41, 5.74) is -0.614. The number of carbonyl (C=O) groups excluding carboxylic acids is 1. The first-order valence-corrected chi connectivity index (χ1v) is 11.8. The summed E-state index contributed by atoms with van der Waals surface area (Å²) in [4.78, 5) is 27.0. The van der Waals surface area contributed by atoms with Crippen LogP contribution in [-0.2, 0) is 21.4 Å². The molecule has 7 nitrogen and oxygen atoms in total. The Hall–Kier alpha value is -1.67. The first-order chi connectivity index (χ1) is 13.4. The van der Waals surface area contributed by atoms with Gasteiger partial charge in [-0.3, -0.25) is 9.59 Å². The van der Waals surface area contributed by atoms with Crippen molar-refractivity contribution < 1.29 is 13.2 Å². The van der Waals surface area contributed by atoms with Crippen LogP contribution in [0.25, 0.3) is 0 Å². The number of pyridine rings is 1. The minimum absolute atomic E-state index is 0.130. The van der Waals surface area contributed by atoms with E-state index in [-0.39, 0.29) is 23.4 Å². The van der Waals surface area contributed by atoms with Gasteiger partial charge in [0.2, 0.25) is 15.9 Å². The van der Waals surface area contributed by atoms with Crippen molar-refractivity contribution in [2.45, 2.75) is 75.3 Å². The van der Waals surface area contributed by atoms with Gasteiger partial charge in [0, 0.05) is 32.4 Å². The van der Waals surface area contributed by atoms with E-state index < -0.39 is 15.6 Å². The van der Waals surface area contributed by atoms with Gasteiger partial charge in [-0.1, -0.05) is 32.1 Å². The molecule has 8 heteroatoms.